The summed E-state index contributed by atoms with van der Waals surface area (Å²) in [6, 6.07) is 0.153. The van der Waals surface area contributed by atoms with Gasteiger partial charge in [-0.1, -0.05) is 6.92 Å². The number of hydrogen-bond acceptors (Lipinski definition) is 4. The summed E-state index contributed by atoms with van der Waals surface area (Å²) in [5.74, 6) is -0.105. The number of carbonyl (C=O) groups excluding carboxylic acids is 2. The maximum absolute atomic E-state index is 11.8. The van der Waals surface area contributed by atoms with Crippen LogP contribution in [0, 0.1) is 5.92 Å². The van der Waals surface area contributed by atoms with E-state index in [9.17, 15) is 9.59 Å². The maximum Gasteiger partial charge on any atom is 0.306 e. The third-order valence-corrected chi connectivity index (χ3v) is 2.96. The fourth-order valence-electron chi connectivity index (χ4n) is 1.98. The van der Waals surface area contributed by atoms with E-state index in [2.05, 4.69) is 12.2 Å². The van der Waals surface area contributed by atoms with Crippen LogP contribution in [-0.2, 0) is 19.1 Å². The van der Waals surface area contributed by atoms with Crippen LogP contribution in [0.2, 0.25) is 0 Å². The van der Waals surface area contributed by atoms with E-state index in [4.69, 9.17) is 9.47 Å². The molecule has 1 fully saturated rings. The molecule has 1 amide bonds. The molecule has 0 spiro atoms. The van der Waals surface area contributed by atoms with Crippen molar-refractivity contribution in [1.29, 1.82) is 0 Å². The third kappa shape index (κ3) is 6.57. The number of nitrogens with one attached hydrogen (secondary N) is 1. The Balaban J connectivity index is 2.26. The fourth-order valence-corrected chi connectivity index (χ4v) is 1.98. The summed E-state index contributed by atoms with van der Waals surface area (Å²) in [4.78, 5) is 23.3. The lowest BCUT2D eigenvalue weighted by Gasteiger charge is -2.29. The molecule has 0 aromatic heterocycles. The Labute approximate surface area is 115 Å². The highest BCUT2D eigenvalue weighted by Crippen LogP contribution is 2.14. The predicted molar refractivity (Wildman–Crippen MR) is 71.6 cm³/mol. The molecule has 2 unspecified atom stereocenters. The topological polar surface area (TPSA) is 64.6 Å². The lowest BCUT2D eigenvalue weighted by molar-refractivity contribution is -0.155. The van der Waals surface area contributed by atoms with Gasteiger partial charge in [0.2, 0.25) is 5.91 Å². The summed E-state index contributed by atoms with van der Waals surface area (Å²) < 4.78 is 10.5. The van der Waals surface area contributed by atoms with E-state index in [1.54, 1.807) is 0 Å². The summed E-state index contributed by atoms with van der Waals surface area (Å²) in [5.41, 5.74) is -0.497. The molecule has 5 heteroatoms. The van der Waals surface area contributed by atoms with Crippen molar-refractivity contribution in [2.45, 2.75) is 58.6 Å². The van der Waals surface area contributed by atoms with Gasteiger partial charge in [0.15, 0.2) is 0 Å². The zero-order chi connectivity index (χ0) is 14.5. The number of esters is 1. The van der Waals surface area contributed by atoms with Gasteiger partial charge in [0.05, 0.1) is 13.0 Å². The SMILES string of the molecule is CC1COCCC1NC(=O)CCC(=O)OC(C)(C)C. The summed E-state index contributed by atoms with van der Waals surface area (Å²) in [5, 5.41) is 2.96. The first kappa shape index (κ1) is 16.0. The van der Waals surface area contributed by atoms with Gasteiger partial charge in [-0.05, 0) is 33.1 Å². The van der Waals surface area contributed by atoms with Gasteiger partial charge in [-0.25, -0.2) is 0 Å². The Bertz CT molecular complexity index is 322. The van der Waals surface area contributed by atoms with Crippen molar-refractivity contribution in [3.05, 3.63) is 0 Å². The molecule has 0 saturated carbocycles. The Morgan fingerprint density at radius 3 is 2.58 bits per heavy atom. The number of rotatable bonds is 4. The quantitative estimate of drug-likeness (QED) is 0.790. The molecule has 1 aliphatic heterocycles. The van der Waals surface area contributed by atoms with E-state index in [0.717, 1.165) is 6.42 Å². The van der Waals surface area contributed by atoms with E-state index >= 15 is 0 Å². The maximum atomic E-state index is 11.8. The van der Waals surface area contributed by atoms with E-state index in [1.165, 1.54) is 0 Å². The van der Waals surface area contributed by atoms with Crippen LogP contribution in [0.25, 0.3) is 0 Å². The highest BCUT2D eigenvalue weighted by atomic mass is 16.6. The van der Waals surface area contributed by atoms with Crippen LogP contribution in [0.15, 0.2) is 0 Å². The first-order valence-electron chi connectivity index (χ1n) is 6.87. The molecule has 0 aromatic carbocycles. The average Bonchev–Trinajstić information content (AvgIpc) is 2.27. The van der Waals surface area contributed by atoms with E-state index in [1.807, 2.05) is 20.8 Å². The van der Waals surface area contributed by atoms with Crippen molar-refractivity contribution in [2.75, 3.05) is 13.2 Å². The summed E-state index contributed by atoms with van der Waals surface area (Å²) >= 11 is 0. The fraction of sp³-hybridized carbons (Fsp3) is 0.857. The van der Waals surface area contributed by atoms with Crippen molar-refractivity contribution in [2.24, 2.45) is 5.92 Å². The van der Waals surface area contributed by atoms with Crippen LogP contribution in [0.3, 0.4) is 0 Å². The van der Waals surface area contributed by atoms with E-state index < -0.39 is 5.60 Å². The van der Waals surface area contributed by atoms with Crippen LogP contribution in [0.1, 0.15) is 47.0 Å². The van der Waals surface area contributed by atoms with Gasteiger partial charge in [0.1, 0.15) is 5.60 Å². The zero-order valence-electron chi connectivity index (χ0n) is 12.3. The van der Waals surface area contributed by atoms with Crippen molar-refractivity contribution in [3.63, 3.8) is 0 Å². The second-order valence-corrected chi connectivity index (χ2v) is 6.10. The standard InChI is InChI=1S/C14H25NO4/c1-10-9-18-8-7-11(10)15-12(16)5-6-13(17)19-14(2,3)4/h10-11H,5-9H2,1-4H3,(H,15,16). The zero-order valence-corrected chi connectivity index (χ0v) is 12.3. The van der Waals surface area contributed by atoms with Gasteiger partial charge in [-0.2, -0.15) is 0 Å². The molecule has 1 N–H and O–H groups in total. The average molecular weight is 271 g/mol. The molecular weight excluding hydrogens is 246 g/mol. The Morgan fingerprint density at radius 1 is 1.32 bits per heavy atom. The number of hydrogen-bond donors (Lipinski definition) is 1. The third-order valence-electron chi connectivity index (χ3n) is 2.96. The lowest BCUT2D eigenvalue weighted by atomic mass is 9.97. The van der Waals surface area contributed by atoms with Gasteiger partial charge < -0.3 is 14.8 Å². The molecule has 1 saturated heterocycles. The Kier molecular flexibility index (Phi) is 5.79. The van der Waals surface area contributed by atoms with Gasteiger partial charge in [-0.15, -0.1) is 0 Å². The lowest BCUT2D eigenvalue weighted by Crippen LogP contribution is -2.44. The van der Waals surface area contributed by atoms with Gasteiger partial charge in [-0.3, -0.25) is 9.59 Å². The normalized spacial score (nSPS) is 23.8. The minimum absolute atomic E-state index is 0.0930. The van der Waals surface area contributed by atoms with E-state index in [-0.39, 0.29) is 30.8 Å². The predicted octanol–water partition coefficient (Wildman–Crippen LogP) is 1.65. The smallest absolute Gasteiger partial charge is 0.306 e. The van der Waals surface area contributed by atoms with Crippen LogP contribution in [-0.4, -0.2) is 36.7 Å². The molecule has 1 heterocycles. The first-order valence-corrected chi connectivity index (χ1v) is 6.87. The highest BCUT2D eigenvalue weighted by molar-refractivity contribution is 5.81. The summed E-state index contributed by atoms with van der Waals surface area (Å²) in [7, 11) is 0. The number of carbonyl (C=O) groups is 2. The monoisotopic (exact) mass is 271 g/mol. The van der Waals surface area contributed by atoms with Crippen LogP contribution in [0.4, 0.5) is 0 Å². The van der Waals surface area contributed by atoms with Crippen molar-refractivity contribution in [1.82, 2.24) is 5.32 Å². The van der Waals surface area contributed by atoms with Crippen molar-refractivity contribution < 1.29 is 19.1 Å². The van der Waals surface area contributed by atoms with Crippen LogP contribution < -0.4 is 5.32 Å². The highest BCUT2D eigenvalue weighted by Gasteiger charge is 2.24. The van der Waals surface area contributed by atoms with Crippen molar-refractivity contribution in [3.8, 4) is 0 Å². The number of amides is 1. The molecule has 19 heavy (non-hydrogen) atoms. The first-order chi connectivity index (χ1) is 8.78. The van der Waals surface area contributed by atoms with Gasteiger partial charge in [0, 0.05) is 19.1 Å². The Morgan fingerprint density at radius 2 is 2.00 bits per heavy atom. The molecule has 0 radical (unpaired) electrons. The summed E-state index contributed by atoms with van der Waals surface area (Å²) in [6.07, 6.45) is 1.14. The Hall–Kier alpha value is -1.10. The van der Waals surface area contributed by atoms with Crippen molar-refractivity contribution >= 4 is 11.9 Å². The largest absolute Gasteiger partial charge is 0.460 e. The molecule has 0 aromatic rings. The molecule has 0 bridgehead atoms. The minimum Gasteiger partial charge on any atom is -0.460 e. The molecule has 110 valence electrons. The molecule has 2 atom stereocenters. The summed E-state index contributed by atoms with van der Waals surface area (Å²) in [6.45, 7) is 8.86. The van der Waals surface area contributed by atoms with E-state index in [0.29, 0.717) is 19.1 Å². The molecule has 5 nitrogen and oxygen atoms in total. The molecule has 1 rings (SSSR count). The minimum atomic E-state index is -0.497. The number of ether oxygens (including phenoxy) is 2. The second kappa shape index (κ2) is 6.89. The van der Waals surface area contributed by atoms with Crippen LogP contribution >= 0.6 is 0 Å². The van der Waals surface area contributed by atoms with Gasteiger partial charge in [0.25, 0.3) is 0 Å². The van der Waals surface area contributed by atoms with Gasteiger partial charge >= 0.3 is 5.97 Å². The second-order valence-electron chi connectivity index (χ2n) is 6.10. The molecular formula is C14H25NO4. The van der Waals surface area contributed by atoms with Crippen LogP contribution in [0.5, 0.6) is 0 Å². The molecule has 1 aliphatic rings. The molecule has 0 aliphatic carbocycles.